The minimum Gasteiger partial charge on any atom is -0.497 e. The number of carbonyl (C=O) groups excluding carboxylic acids is 2. The Kier molecular flexibility index (Phi) is 6.26. The van der Waals surface area contributed by atoms with Gasteiger partial charge in [0.15, 0.2) is 0 Å². The van der Waals surface area contributed by atoms with Gasteiger partial charge in [-0.25, -0.2) is 0 Å². The molecule has 1 N–H and O–H groups in total. The summed E-state index contributed by atoms with van der Waals surface area (Å²) in [6, 6.07) is 21.3. The predicted molar refractivity (Wildman–Crippen MR) is 126 cm³/mol. The van der Waals surface area contributed by atoms with Crippen LogP contribution in [0.2, 0.25) is 0 Å². The molecule has 0 aliphatic carbocycles. The molecular weight excluding hydrogens is 400 g/mol. The highest BCUT2D eigenvalue weighted by Gasteiger charge is 2.31. The monoisotopic (exact) mass is 428 g/mol. The molecule has 1 atom stereocenters. The molecule has 0 saturated heterocycles. The van der Waals surface area contributed by atoms with Gasteiger partial charge in [0.05, 0.1) is 13.5 Å². The smallest absolute Gasteiger partial charge is 0.258 e. The van der Waals surface area contributed by atoms with Crippen LogP contribution in [0.3, 0.4) is 0 Å². The molecule has 0 radical (unpaired) electrons. The molecule has 5 heteroatoms. The zero-order valence-electron chi connectivity index (χ0n) is 18.7. The lowest BCUT2D eigenvalue weighted by Crippen LogP contribution is -2.35. The van der Waals surface area contributed by atoms with Crippen LogP contribution in [-0.4, -0.2) is 25.0 Å². The summed E-state index contributed by atoms with van der Waals surface area (Å²) in [5, 5.41) is 3.01. The largest absolute Gasteiger partial charge is 0.497 e. The normalized spacial score (nSPS) is 14.7. The van der Waals surface area contributed by atoms with Crippen molar-refractivity contribution in [3.05, 3.63) is 94.5 Å². The van der Waals surface area contributed by atoms with Crippen molar-refractivity contribution < 1.29 is 14.3 Å². The number of hydrogen-bond donors (Lipinski definition) is 1. The van der Waals surface area contributed by atoms with Crippen LogP contribution in [0.5, 0.6) is 5.75 Å². The Morgan fingerprint density at radius 1 is 1.06 bits per heavy atom. The first-order chi connectivity index (χ1) is 15.5. The van der Waals surface area contributed by atoms with Gasteiger partial charge >= 0.3 is 0 Å². The molecule has 32 heavy (non-hydrogen) atoms. The summed E-state index contributed by atoms with van der Waals surface area (Å²) in [5.74, 6) is 0.680. The van der Waals surface area contributed by atoms with Crippen LogP contribution >= 0.6 is 0 Å². The molecule has 0 saturated carbocycles. The molecule has 1 aliphatic rings. The first-order valence-corrected chi connectivity index (χ1v) is 10.9. The maximum Gasteiger partial charge on any atom is 0.258 e. The number of fused-ring (bicyclic) bond motifs is 1. The zero-order chi connectivity index (χ0) is 22.7. The number of nitrogens with zero attached hydrogens (tertiary/aromatic N) is 1. The molecular formula is C27H28N2O3. The number of anilines is 1. The molecule has 0 aromatic heterocycles. The predicted octanol–water partition coefficient (Wildman–Crippen LogP) is 4.45. The van der Waals surface area contributed by atoms with Gasteiger partial charge < -0.3 is 15.0 Å². The SMILES string of the molecule is COc1ccc(C(=O)N2c3cc(CNC(=O)Cc4ccccc4C)ccc3C[C@@H]2C)cc1. The summed E-state index contributed by atoms with van der Waals surface area (Å²) in [4.78, 5) is 27.6. The highest BCUT2D eigenvalue weighted by atomic mass is 16.5. The summed E-state index contributed by atoms with van der Waals surface area (Å²) in [6.45, 7) is 4.50. The van der Waals surface area contributed by atoms with Crippen LogP contribution in [0.4, 0.5) is 5.69 Å². The van der Waals surface area contributed by atoms with E-state index < -0.39 is 0 Å². The second kappa shape index (κ2) is 9.27. The fourth-order valence-corrected chi connectivity index (χ4v) is 4.19. The number of rotatable bonds is 6. The molecule has 1 aliphatic heterocycles. The summed E-state index contributed by atoms with van der Waals surface area (Å²) >= 11 is 0. The number of methoxy groups -OCH3 is 1. The molecule has 3 aromatic rings. The number of aryl methyl sites for hydroxylation is 1. The van der Waals surface area contributed by atoms with Crippen molar-refractivity contribution >= 4 is 17.5 Å². The van der Waals surface area contributed by atoms with Crippen molar-refractivity contribution in [2.75, 3.05) is 12.0 Å². The van der Waals surface area contributed by atoms with Gasteiger partial charge in [-0.15, -0.1) is 0 Å². The number of hydrogen-bond acceptors (Lipinski definition) is 3. The second-order valence-electron chi connectivity index (χ2n) is 8.30. The summed E-state index contributed by atoms with van der Waals surface area (Å²) in [6.07, 6.45) is 1.17. The van der Waals surface area contributed by atoms with E-state index in [1.165, 1.54) is 0 Å². The number of amides is 2. The van der Waals surface area contributed by atoms with Crippen molar-refractivity contribution in [3.8, 4) is 5.75 Å². The Morgan fingerprint density at radius 3 is 2.53 bits per heavy atom. The molecule has 0 fully saturated rings. The molecule has 0 bridgehead atoms. The lowest BCUT2D eigenvalue weighted by atomic mass is 10.1. The van der Waals surface area contributed by atoms with Crippen LogP contribution < -0.4 is 15.0 Å². The Labute approximate surface area is 189 Å². The van der Waals surface area contributed by atoms with Gasteiger partial charge in [0.2, 0.25) is 5.91 Å². The third-order valence-corrected chi connectivity index (χ3v) is 6.02. The van der Waals surface area contributed by atoms with Crippen LogP contribution in [0.1, 0.15) is 39.5 Å². The second-order valence-corrected chi connectivity index (χ2v) is 8.30. The highest BCUT2D eigenvalue weighted by Crippen LogP contribution is 2.34. The van der Waals surface area contributed by atoms with E-state index in [2.05, 4.69) is 18.3 Å². The summed E-state index contributed by atoms with van der Waals surface area (Å²) in [5.41, 5.74) is 5.81. The van der Waals surface area contributed by atoms with E-state index in [1.807, 2.05) is 48.2 Å². The van der Waals surface area contributed by atoms with Gasteiger partial charge in [0.25, 0.3) is 5.91 Å². The minimum absolute atomic E-state index is 0.0145. The van der Waals surface area contributed by atoms with Gasteiger partial charge in [0.1, 0.15) is 5.75 Å². The first kappa shape index (κ1) is 21.6. The van der Waals surface area contributed by atoms with Crippen molar-refractivity contribution in [3.63, 3.8) is 0 Å². The van der Waals surface area contributed by atoms with E-state index in [9.17, 15) is 9.59 Å². The van der Waals surface area contributed by atoms with Crippen LogP contribution in [0, 0.1) is 6.92 Å². The Morgan fingerprint density at radius 2 is 1.81 bits per heavy atom. The van der Waals surface area contributed by atoms with Crippen molar-refractivity contribution in [2.24, 2.45) is 0 Å². The average Bonchev–Trinajstić information content (AvgIpc) is 3.13. The Balaban J connectivity index is 1.47. The maximum atomic E-state index is 13.2. The summed E-state index contributed by atoms with van der Waals surface area (Å²) < 4.78 is 5.20. The van der Waals surface area contributed by atoms with Crippen LogP contribution in [0.25, 0.3) is 0 Å². The standard InChI is InChI=1S/C27H28N2O3/c1-18-6-4-5-7-22(18)16-26(30)28-17-20-8-9-23-14-19(2)29(25(23)15-20)27(31)21-10-12-24(32-3)13-11-21/h4-13,15,19H,14,16-17H2,1-3H3,(H,28,30)/t19-/m0/s1. The van der Waals surface area contributed by atoms with Gasteiger partial charge in [-0.3, -0.25) is 9.59 Å². The fourth-order valence-electron chi connectivity index (χ4n) is 4.19. The third kappa shape index (κ3) is 4.52. The lowest BCUT2D eigenvalue weighted by molar-refractivity contribution is -0.120. The molecule has 1 heterocycles. The van der Waals surface area contributed by atoms with Gasteiger partial charge in [-0.05, 0) is 72.9 Å². The lowest BCUT2D eigenvalue weighted by Gasteiger charge is -2.23. The number of carbonyl (C=O) groups is 2. The van der Waals surface area contributed by atoms with Gasteiger partial charge in [0, 0.05) is 23.8 Å². The quantitative estimate of drug-likeness (QED) is 0.631. The fraction of sp³-hybridized carbons (Fsp3) is 0.259. The third-order valence-electron chi connectivity index (χ3n) is 6.02. The van der Waals surface area contributed by atoms with Crippen LogP contribution in [-0.2, 0) is 24.2 Å². The van der Waals surface area contributed by atoms with Crippen molar-refractivity contribution in [1.82, 2.24) is 5.32 Å². The van der Waals surface area contributed by atoms with Crippen LogP contribution in [0.15, 0.2) is 66.7 Å². The molecule has 5 nitrogen and oxygen atoms in total. The molecule has 4 rings (SSSR count). The first-order valence-electron chi connectivity index (χ1n) is 10.9. The number of nitrogens with one attached hydrogen (secondary N) is 1. The topological polar surface area (TPSA) is 58.6 Å². The van der Waals surface area contributed by atoms with Gasteiger partial charge in [-0.2, -0.15) is 0 Å². The maximum absolute atomic E-state index is 13.2. The van der Waals surface area contributed by atoms with E-state index in [0.717, 1.165) is 40.1 Å². The molecule has 3 aromatic carbocycles. The van der Waals surface area contributed by atoms with Gasteiger partial charge in [-0.1, -0.05) is 36.4 Å². The van der Waals surface area contributed by atoms with E-state index in [-0.39, 0.29) is 17.9 Å². The molecule has 2 amide bonds. The Bertz CT molecular complexity index is 1140. The zero-order valence-corrected chi connectivity index (χ0v) is 18.7. The average molecular weight is 429 g/mol. The highest BCUT2D eigenvalue weighted by molar-refractivity contribution is 6.07. The number of ether oxygens (including phenoxy) is 1. The molecule has 164 valence electrons. The number of benzene rings is 3. The molecule has 0 spiro atoms. The minimum atomic E-state index is -0.0281. The Hall–Kier alpha value is -3.60. The van der Waals surface area contributed by atoms with E-state index in [4.69, 9.17) is 4.74 Å². The van der Waals surface area contributed by atoms with E-state index in [1.54, 1.807) is 31.4 Å². The van der Waals surface area contributed by atoms with E-state index in [0.29, 0.717) is 18.5 Å². The van der Waals surface area contributed by atoms with Crippen molar-refractivity contribution in [1.29, 1.82) is 0 Å². The molecule has 0 unspecified atom stereocenters. The van der Waals surface area contributed by atoms with Crippen molar-refractivity contribution in [2.45, 2.75) is 39.3 Å². The summed E-state index contributed by atoms with van der Waals surface area (Å²) in [7, 11) is 1.61. The van der Waals surface area contributed by atoms with E-state index >= 15 is 0 Å².